The number of rotatable bonds is 7. The van der Waals surface area contributed by atoms with Crippen LogP contribution in [0.2, 0.25) is 0 Å². The van der Waals surface area contributed by atoms with Crippen molar-refractivity contribution in [1.82, 2.24) is 0 Å². The Morgan fingerprint density at radius 2 is 1.55 bits per heavy atom. The summed E-state index contributed by atoms with van der Waals surface area (Å²) in [6.45, 7) is 4.95. The first-order chi connectivity index (χ1) is 15.6. The smallest absolute Gasteiger partial charge is 0.261 e. The van der Waals surface area contributed by atoms with Crippen LogP contribution >= 0.6 is 0 Å². The number of amides is 2. The molecule has 0 spiro atoms. The van der Waals surface area contributed by atoms with Crippen LogP contribution in [0.4, 0.5) is 17.1 Å². The molecule has 8 nitrogen and oxygen atoms in total. The highest BCUT2D eigenvalue weighted by Crippen LogP contribution is 2.26. The number of hydrogen-bond acceptors (Lipinski definition) is 5. The van der Waals surface area contributed by atoms with Gasteiger partial charge in [0.05, 0.1) is 23.4 Å². The predicted octanol–water partition coefficient (Wildman–Crippen LogP) is 4.32. The fourth-order valence-corrected chi connectivity index (χ4v) is 4.22. The van der Waals surface area contributed by atoms with E-state index in [-0.39, 0.29) is 16.4 Å². The van der Waals surface area contributed by atoms with Crippen LogP contribution in [0.3, 0.4) is 0 Å². The summed E-state index contributed by atoms with van der Waals surface area (Å²) in [6.07, 6.45) is 0. The minimum absolute atomic E-state index is 0.0552. The highest BCUT2D eigenvalue weighted by molar-refractivity contribution is 7.92. The molecule has 0 radical (unpaired) electrons. The molecule has 0 bridgehead atoms. The molecule has 3 rings (SSSR count). The Bertz CT molecular complexity index is 1300. The summed E-state index contributed by atoms with van der Waals surface area (Å²) in [6, 6.07) is 16.0. The Labute approximate surface area is 193 Å². The zero-order valence-corrected chi connectivity index (χ0v) is 19.5. The Morgan fingerprint density at radius 1 is 0.848 bits per heavy atom. The number of ether oxygens (including phenoxy) is 1. The lowest BCUT2D eigenvalue weighted by Gasteiger charge is -2.15. The van der Waals surface area contributed by atoms with Gasteiger partial charge in [-0.2, -0.15) is 0 Å². The van der Waals surface area contributed by atoms with Crippen LogP contribution in [0.5, 0.6) is 5.75 Å². The fraction of sp³-hybridized carbons (Fsp3) is 0.167. The van der Waals surface area contributed by atoms with Gasteiger partial charge in [-0.05, 0) is 73.5 Å². The van der Waals surface area contributed by atoms with E-state index < -0.39 is 15.9 Å². The third-order valence-electron chi connectivity index (χ3n) is 4.84. The van der Waals surface area contributed by atoms with Crippen molar-refractivity contribution < 1.29 is 22.7 Å². The molecule has 2 amide bonds. The molecule has 0 atom stereocenters. The van der Waals surface area contributed by atoms with Crippen molar-refractivity contribution >= 4 is 38.9 Å². The first-order valence-corrected chi connectivity index (χ1v) is 11.5. The molecule has 3 aromatic rings. The minimum Gasteiger partial charge on any atom is -0.497 e. The Morgan fingerprint density at radius 3 is 2.18 bits per heavy atom. The number of aryl methyl sites for hydroxylation is 2. The van der Waals surface area contributed by atoms with Crippen LogP contribution in [0, 0.1) is 13.8 Å². The highest BCUT2D eigenvalue weighted by Gasteiger charge is 2.19. The van der Waals surface area contributed by atoms with E-state index in [1.54, 1.807) is 49.4 Å². The SMILES string of the molecule is COc1ccc(NS(=O)(=O)c2ccc(C)c(C(=O)Nc3cc(C)ccc3NC(C)=O)c2)cc1. The number of anilines is 3. The van der Waals surface area contributed by atoms with Gasteiger partial charge in [0.1, 0.15) is 5.75 Å². The molecule has 0 aromatic heterocycles. The average molecular weight is 468 g/mol. The maximum atomic E-state index is 13.0. The van der Waals surface area contributed by atoms with Gasteiger partial charge < -0.3 is 15.4 Å². The van der Waals surface area contributed by atoms with Crippen LogP contribution in [0.25, 0.3) is 0 Å². The molecule has 0 saturated heterocycles. The third kappa shape index (κ3) is 5.89. The van der Waals surface area contributed by atoms with Gasteiger partial charge in [0.2, 0.25) is 5.91 Å². The van der Waals surface area contributed by atoms with E-state index in [1.807, 2.05) is 13.0 Å². The van der Waals surface area contributed by atoms with Crippen molar-refractivity contribution in [2.45, 2.75) is 25.7 Å². The molecule has 3 N–H and O–H groups in total. The maximum absolute atomic E-state index is 13.0. The van der Waals surface area contributed by atoms with Crippen molar-refractivity contribution in [3.8, 4) is 5.75 Å². The summed E-state index contributed by atoms with van der Waals surface area (Å²) >= 11 is 0. The summed E-state index contributed by atoms with van der Waals surface area (Å²) in [4.78, 5) is 24.5. The van der Waals surface area contributed by atoms with Crippen molar-refractivity contribution in [3.05, 3.63) is 77.4 Å². The second-order valence-electron chi connectivity index (χ2n) is 7.50. The Hall–Kier alpha value is -3.85. The van der Waals surface area contributed by atoms with Crippen LogP contribution in [-0.4, -0.2) is 27.3 Å². The summed E-state index contributed by atoms with van der Waals surface area (Å²) in [7, 11) is -2.42. The molecule has 33 heavy (non-hydrogen) atoms. The van der Waals surface area contributed by atoms with Crippen molar-refractivity contribution in [3.63, 3.8) is 0 Å². The second-order valence-corrected chi connectivity index (χ2v) is 9.18. The zero-order chi connectivity index (χ0) is 24.2. The van der Waals surface area contributed by atoms with E-state index in [2.05, 4.69) is 15.4 Å². The lowest BCUT2D eigenvalue weighted by atomic mass is 10.1. The summed E-state index contributed by atoms with van der Waals surface area (Å²) < 4.78 is 33.4. The highest BCUT2D eigenvalue weighted by atomic mass is 32.2. The lowest BCUT2D eigenvalue weighted by molar-refractivity contribution is -0.114. The third-order valence-corrected chi connectivity index (χ3v) is 6.22. The Kier molecular flexibility index (Phi) is 7.03. The molecule has 3 aromatic carbocycles. The fourth-order valence-electron chi connectivity index (χ4n) is 3.14. The van der Waals surface area contributed by atoms with Gasteiger partial charge in [0.25, 0.3) is 15.9 Å². The molecule has 0 saturated carbocycles. The average Bonchev–Trinajstić information content (AvgIpc) is 2.75. The van der Waals surface area contributed by atoms with Crippen LogP contribution in [-0.2, 0) is 14.8 Å². The van der Waals surface area contributed by atoms with Crippen molar-refractivity contribution in [2.75, 3.05) is 22.5 Å². The minimum atomic E-state index is -3.94. The van der Waals surface area contributed by atoms with E-state index in [4.69, 9.17) is 4.74 Å². The van der Waals surface area contributed by atoms with E-state index in [0.717, 1.165) is 5.56 Å². The van der Waals surface area contributed by atoms with E-state index >= 15 is 0 Å². The number of benzene rings is 3. The van der Waals surface area contributed by atoms with Gasteiger partial charge in [0.15, 0.2) is 0 Å². The van der Waals surface area contributed by atoms with Crippen LogP contribution < -0.4 is 20.1 Å². The zero-order valence-electron chi connectivity index (χ0n) is 18.7. The summed E-state index contributed by atoms with van der Waals surface area (Å²) in [5, 5.41) is 5.45. The first-order valence-electron chi connectivity index (χ1n) is 10.1. The standard InChI is InChI=1S/C24H25N3O5S/c1-15-5-12-22(25-17(3)28)23(13-15)26-24(29)21-14-20(11-6-16(21)2)33(30,31)27-18-7-9-19(32-4)10-8-18/h5-14,27H,1-4H3,(H,25,28)(H,26,29). The molecule has 0 heterocycles. The first kappa shape index (κ1) is 23.8. The molecule has 0 aliphatic rings. The van der Waals surface area contributed by atoms with E-state index in [9.17, 15) is 18.0 Å². The number of nitrogens with one attached hydrogen (secondary N) is 3. The van der Waals surface area contributed by atoms with Gasteiger partial charge in [-0.25, -0.2) is 8.42 Å². The molecule has 0 fully saturated rings. The van der Waals surface area contributed by atoms with Gasteiger partial charge >= 0.3 is 0 Å². The molecule has 0 aliphatic carbocycles. The van der Waals surface area contributed by atoms with Crippen molar-refractivity contribution in [1.29, 1.82) is 0 Å². The lowest BCUT2D eigenvalue weighted by Crippen LogP contribution is -2.18. The summed E-state index contributed by atoms with van der Waals surface area (Å²) in [5.74, 6) is -0.170. The maximum Gasteiger partial charge on any atom is 0.261 e. The van der Waals surface area contributed by atoms with Gasteiger partial charge in [-0.15, -0.1) is 0 Å². The van der Waals surface area contributed by atoms with Crippen molar-refractivity contribution in [2.24, 2.45) is 0 Å². The van der Waals surface area contributed by atoms with Gasteiger partial charge in [0, 0.05) is 18.2 Å². The van der Waals surface area contributed by atoms with E-state index in [0.29, 0.717) is 28.4 Å². The second kappa shape index (κ2) is 9.74. The largest absolute Gasteiger partial charge is 0.497 e. The monoisotopic (exact) mass is 467 g/mol. The van der Waals surface area contributed by atoms with E-state index in [1.165, 1.54) is 26.2 Å². The number of methoxy groups -OCH3 is 1. The van der Waals surface area contributed by atoms with Crippen LogP contribution in [0.1, 0.15) is 28.4 Å². The number of carbonyl (C=O) groups is 2. The molecule has 0 aliphatic heterocycles. The number of carbonyl (C=O) groups excluding carboxylic acids is 2. The normalized spacial score (nSPS) is 10.9. The van der Waals surface area contributed by atoms with Crippen LogP contribution in [0.15, 0.2) is 65.6 Å². The number of hydrogen-bond donors (Lipinski definition) is 3. The van der Waals surface area contributed by atoms with Gasteiger partial charge in [-0.3, -0.25) is 14.3 Å². The molecule has 172 valence electrons. The Balaban J connectivity index is 1.89. The number of sulfonamides is 1. The molecular weight excluding hydrogens is 442 g/mol. The molecular formula is C24H25N3O5S. The molecule has 0 unspecified atom stereocenters. The summed E-state index contributed by atoms with van der Waals surface area (Å²) in [5.41, 5.74) is 2.91. The van der Waals surface area contributed by atoms with Gasteiger partial charge in [-0.1, -0.05) is 12.1 Å². The quantitative estimate of drug-likeness (QED) is 0.479. The topological polar surface area (TPSA) is 114 Å². The predicted molar refractivity (Wildman–Crippen MR) is 128 cm³/mol. The molecule has 9 heteroatoms.